The van der Waals surface area contributed by atoms with Crippen LogP contribution in [0.3, 0.4) is 0 Å². The number of sulfonamides is 1. The maximum atomic E-state index is 12.2. The highest BCUT2D eigenvalue weighted by Gasteiger charge is 2.15. The van der Waals surface area contributed by atoms with Crippen molar-refractivity contribution in [2.24, 2.45) is 0 Å². The Labute approximate surface area is 132 Å². The first kappa shape index (κ1) is 14.6. The largest absolute Gasteiger partial charge is 0.355 e. The molecule has 0 bridgehead atoms. The third kappa shape index (κ3) is 3.44. The molecular weight excluding hydrogens is 318 g/mol. The van der Waals surface area contributed by atoms with Gasteiger partial charge in [0.15, 0.2) is 0 Å². The number of hydrogen-bond donors (Lipinski definition) is 2. The number of benzene rings is 1. The van der Waals surface area contributed by atoms with Crippen LogP contribution >= 0.6 is 11.3 Å². The van der Waals surface area contributed by atoms with Gasteiger partial charge in [-0.1, -0.05) is 12.1 Å². The predicted octanol–water partition coefficient (Wildman–Crippen LogP) is 3.69. The second-order valence-corrected chi connectivity index (χ2v) is 7.34. The van der Waals surface area contributed by atoms with Crippen molar-refractivity contribution in [1.29, 1.82) is 0 Å². The van der Waals surface area contributed by atoms with Crippen molar-refractivity contribution >= 4 is 38.4 Å². The van der Waals surface area contributed by atoms with E-state index in [0.717, 1.165) is 11.4 Å². The Hall–Kier alpha value is -2.38. The van der Waals surface area contributed by atoms with Crippen molar-refractivity contribution in [1.82, 2.24) is 4.98 Å². The zero-order valence-corrected chi connectivity index (χ0v) is 13.1. The highest BCUT2D eigenvalue weighted by Crippen LogP contribution is 2.23. The molecule has 2 N–H and O–H groups in total. The summed E-state index contributed by atoms with van der Waals surface area (Å²) in [6.07, 6.45) is 3.37. The fraction of sp³-hybridized carbons (Fsp3) is 0. The average Bonchev–Trinajstić information content (AvgIpc) is 3.03. The summed E-state index contributed by atoms with van der Waals surface area (Å²) in [6.45, 7) is 0. The lowest BCUT2D eigenvalue weighted by Gasteiger charge is -2.10. The summed E-state index contributed by atoms with van der Waals surface area (Å²) in [7, 11) is -3.53. The summed E-state index contributed by atoms with van der Waals surface area (Å²) in [4.78, 5) is 3.95. The fourth-order valence-electron chi connectivity index (χ4n) is 1.88. The molecule has 2 heterocycles. The molecule has 0 atom stereocenters. The molecule has 7 heteroatoms. The molecule has 0 saturated heterocycles. The van der Waals surface area contributed by atoms with E-state index in [1.807, 2.05) is 18.2 Å². The topological polar surface area (TPSA) is 71.1 Å². The van der Waals surface area contributed by atoms with Crippen LogP contribution in [0.2, 0.25) is 0 Å². The standard InChI is InChI=1S/C15H13N3O2S2/c19-22(20,15-5-2-10-21-15)18-14-4-1-3-13(11-14)17-12-6-8-16-9-7-12/h1-11,18H,(H,16,17). The van der Waals surface area contributed by atoms with Crippen molar-refractivity contribution < 1.29 is 8.42 Å². The van der Waals surface area contributed by atoms with Crippen LogP contribution in [0, 0.1) is 0 Å². The number of nitrogens with zero attached hydrogens (tertiary/aromatic N) is 1. The third-order valence-electron chi connectivity index (χ3n) is 2.84. The molecule has 3 rings (SSSR count). The molecule has 0 fully saturated rings. The van der Waals surface area contributed by atoms with Gasteiger partial charge in [-0.15, -0.1) is 11.3 Å². The first-order valence-electron chi connectivity index (χ1n) is 6.47. The van der Waals surface area contributed by atoms with Crippen LogP contribution in [0.1, 0.15) is 0 Å². The number of pyridine rings is 1. The van der Waals surface area contributed by atoms with Crippen molar-refractivity contribution in [2.45, 2.75) is 4.21 Å². The van der Waals surface area contributed by atoms with Gasteiger partial charge in [0, 0.05) is 23.8 Å². The lowest BCUT2D eigenvalue weighted by Crippen LogP contribution is -2.11. The van der Waals surface area contributed by atoms with Gasteiger partial charge in [0.2, 0.25) is 0 Å². The van der Waals surface area contributed by atoms with Gasteiger partial charge in [0.1, 0.15) is 4.21 Å². The quantitative estimate of drug-likeness (QED) is 0.748. The summed E-state index contributed by atoms with van der Waals surface area (Å²) in [5, 5.41) is 4.92. The Kier molecular flexibility index (Phi) is 4.08. The number of anilines is 3. The van der Waals surface area contributed by atoms with Crippen LogP contribution in [0.25, 0.3) is 0 Å². The third-order valence-corrected chi connectivity index (χ3v) is 5.62. The molecule has 0 aliphatic rings. The van der Waals surface area contributed by atoms with Gasteiger partial charge in [0.05, 0.1) is 5.69 Å². The first-order chi connectivity index (χ1) is 10.6. The summed E-state index contributed by atoms with van der Waals surface area (Å²) < 4.78 is 27.3. The Balaban J connectivity index is 1.80. The SMILES string of the molecule is O=S(=O)(Nc1cccc(Nc2ccncc2)c1)c1cccs1. The average molecular weight is 331 g/mol. The first-order valence-corrected chi connectivity index (χ1v) is 8.83. The van der Waals surface area contributed by atoms with Crippen molar-refractivity contribution in [3.63, 3.8) is 0 Å². The molecule has 2 aromatic heterocycles. The lowest BCUT2D eigenvalue weighted by molar-refractivity contribution is 0.603. The molecule has 0 amide bonds. The molecule has 0 spiro atoms. The summed E-state index contributed by atoms with van der Waals surface area (Å²) in [6, 6.07) is 14.1. The summed E-state index contributed by atoms with van der Waals surface area (Å²) >= 11 is 1.18. The van der Waals surface area contributed by atoms with E-state index in [1.54, 1.807) is 48.1 Å². The van der Waals surface area contributed by atoms with Crippen molar-refractivity contribution in [3.8, 4) is 0 Å². The van der Waals surface area contributed by atoms with E-state index < -0.39 is 10.0 Å². The summed E-state index contributed by atoms with van der Waals surface area (Å²) in [5.74, 6) is 0. The zero-order valence-electron chi connectivity index (χ0n) is 11.4. The number of aromatic nitrogens is 1. The molecular formula is C15H13N3O2S2. The Bertz CT molecular complexity index is 848. The number of hydrogen-bond acceptors (Lipinski definition) is 5. The monoisotopic (exact) mass is 331 g/mol. The van der Waals surface area contributed by atoms with Gasteiger partial charge in [0.25, 0.3) is 10.0 Å². The van der Waals surface area contributed by atoms with E-state index in [0.29, 0.717) is 9.90 Å². The van der Waals surface area contributed by atoms with Gasteiger partial charge in [-0.05, 0) is 41.8 Å². The highest BCUT2D eigenvalue weighted by atomic mass is 32.2. The van der Waals surface area contributed by atoms with Crippen LogP contribution in [-0.2, 0) is 10.0 Å². The Morgan fingerprint density at radius 2 is 1.68 bits per heavy atom. The molecule has 5 nitrogen and oxygen atoms in total. The minimum absolute atomic E-state index is 0.292. The lowest BCUT2D eigenvalue weighted by atomic mass is 10.2. The number of thiophene rings is 1. The zero-order chi connectivity index (χ0) is 15.4. The Morgan fingerprint density at radius 1 is 0.909 bits per heavy atom. The number of rotatable bonds is 5. The van der Waals surface area contributed by atoms with Gasteiger partial charge in [-0.2, -0.15) is 0 Å². The fourth-order valence-corrected chi connectivity index (χ4v) is 3.93. The van der Waals surface area contributed by atoms with E-state index >= 15 is 0 Å². The van der Waals surface area contributed by atoms with E-state index in [1.165, 1.54) is 11.3 Å². The molecule has 0 saturated carbocycles. The highest BCUT2D eigenvalue weighted by molar-refractivity contribution is 7.94. The van der Waals surface area contributed by atoms with Crippen molar-refractivity contribution in [3.05, 3.63) is 66.3 Å². The van der Waals surface area contributed by atoms with E-state index in [2.05, 4.69) is 15.0 Å². The maximum Gasteiger partial charge on any atom is 0.271 e. The van der Waals surface area contributed by atoms with Crippen molar-refractivity contribution in [2.75, 3.05) is 10.0 Å². The van der Waals surface area contributed by atoms with Gasteiger partial charge < -0.3 is 5.32 Å². The molecule has 22 heavy (non-hydrogen) atoms. The van der Waals surface area contributed by atoms with Gasteiger partial charge >= 0.3 is 0 Å². The van der Waals surface area contributed by atoms with E-state index in [4.69, 9.17) is 0 Å². The molecule has 1 aromatic carbocycles. The van der Waals surface area contributed by atoms with Crippen LogP contribution in [-0.4, -0.2) is 13.4 Å². The van der Waals surface area contributed by atoms with Crippen LogP contribution in [0.15, 0.2) is 70.5 Å². The Morgan fingerprint density at radius 3 is 2.41 bits per heavy atom. The number of nitrogens with one attached hydrogen (secondary N) is 2. The van der Waals surface area contributed by atoms with Gasteiger partial charge in [-0.3, -0.25) is 9.71 Å². The van der Waals surface area contributed by atoms with Crippen LogP contribution < -0.4 is 10.0 Å². The minimum Gasteiger partial charge on any atom is -0.355 e. The smallest absolute Gasteiger partial charge is 0.271 e. The van der Waals surface area contributed by atoms with E-state index in [9.17, 15) is 8.42 Å². The summed E-state index contributed by atoms with van der Waals surface area (Å²) in [5.41, 5.74) is 2.18. The second-order valence-electron chi connectivity index (χ2n) is 4.48. The molecule has 0 aliphatic heterocycles. The van der Waals surface area contributed by atoms with Gasteiger partial charge in [-0.25, -0.2) is 8.42 Å². The normalized spacial score (nSPS) is 11.1. The molecule has 0 aliphatic carbocycles. The van der Waals surface area contributed by atoms with Crippen LogP contribution in [0.4, 0.5) is 17.1 Å². The van der Waals surface area contributed by atoms with Crippen LogP contribution in [0.5, 0.6) is 0 Å². The molecule has 3 aromatic rings. The molecule has 112 valence electrons. The minimum atomic E-state index is -3.53. The predicted molar refractivity (Wildman–Crippen MR) is 89.1 cm³/mol. The van der Waals surface area contributed by atoms with E-state index in [-0.39, 0.29) is 0 Å². The maximum absolute atomic E-state index is 12.2. The molecule has 0 unspecified atom stereocenters. The second kappa shape index (κ2) is 6.17. The molecule has 0 radical (unpaired) electrons.